The second-order valence-electron chi connectivity index (χ2n) is 4.26. The topological polar surface area (TPSA) is 80.4 Å². The smallest absolute Gasteiger partial charge is 0.270 e. The van der Waals surface area contributed by atoms with E-state index in [1.165, 1.54) is 0 Å². The highest BCUT2D eigenvalue weighted by Crippen LogP contribution is 2.15. The second kappa shape index (κ2) is 5.95. The van der Waals surface area contributed by atoms with Crippen molar-refractivity contribution in [2.45, 2.75) is 18.9 Å². The lowest BCUT2D eigenvalue weighted by Gasteiger charge is -2.18. The third-order valence-corrected chi connectivity index (χ3v) is 2.78. The summed E-state index contributed by atoms with van der Waals surface area (Å²) in [5, 5.41) is 2.82. The number of pyridine rings is 1. The van der Waals surface area contributed by atoms with E-state index in [1.54, 1.807) is 24.4 Å². The van der Waals surface area contributed by atoms with Gasteiger partial charge in [0, 0.05) is 36.6 Å². The Morgan fingerprint density at radius 3 is 2.95 bits per heavy atom. The number of allylic oxidation sites excluding steroid dienone is 1. The molecule has 1 atom stereocenters. The SMILES string of the molecule is C=C(N)[C@H](CC1=CCC=N1)NC(=O)c1ccccn1. The summed E-state index contributed by atoms with van der Waals surface area (Å²) in [6.07, 6.45) is 6.78. The number of hydrogen-bond acceptors (Lipinski definition) is 4. The molecule has 0 unspecified atom stereocenters. The van der Waals surface area contributed by atoms with E-state index in [2.05, 4.69) is 21.9 Å². The van der Waals surface area contributed by atoms with Crippen LogP contribution in [0.4, 0.5) is 0 Å². The summed E-state index contributed by atoms with van der Waals surface area (Å²) < 4.78 is 0. The van der Waals surface area contributed by atoms with Crippen LogP contribution in [0.2, 0.25) is 0 Å². The fraction of sp³-hybridized carbons (Fsp3) is 0.214. The summed E-state index contributed by atoms with van der Waals surface area (Å²) in [4.78, 5) is 20.2. The molecule has 0 saturated carbocycles. The van der Waals surface area contributed by atoms with Crippen LogP contribution in [0.1, 0.15) is 23.3 Å². The van der Waals surface area contributed by atoms with Gasteiger partial charge in [0.2, 0.25) is 0 Å². The van der Waals surface area contributed by atoms with E-state index in [1.807, 2.05) is 12.3 Å². The van der Waals surface area contributed by atoms with Gasteiger partial charge in [0.15, 0.2) is 0 Å². The first-order valence-corrected chi connectivity index (χ1v) is 6.04. The Kier molecular flexibility index (Phi) is 4.07. The van der Waals surface area contributed by atoms with E-state index in [0.29, 0.717) is 17.8 Å². The molecule has 0 saturated heterocycles. The molecule has 2 heterocycles. The molecular formula is C14H16N4O. The van der Waals surface area contributed by atoms with Crippen LogP contribution in [0.5, 0.6) is 0 Å². The molecule has 98 valence electrons. The first-order chi connectivity index (χ1) is 9.16. The lowest BCUT2D eigenvalue weighted by molar-refractivity contribution is 0.0937. The first kappa shape index (κ1) is 13.0. The van der Waals surface area contributed by atoms with Gasteiger partial charge in [-0.25, -0.2) is 0 Å². The van der Waals surface area contributed by atoms with Crippen LogP contribution in [-0.2, 0) is 0 Å². The molecule has 1 aliphatic rings. The average molecular weight is 256 g/mol. The van der Waals surface area contributed by atoms with Crippen LogP contribution in [0.15, 0.2) is 53.4 Å². The maximum absolute atomic E-state index is 12.0. The van der Waals surface area contributed by atoms with Gasteiger partial charge in [-0.15, -0.1) is 0 Å². The van der Waals surface area contributed by atoms with E-state index in [9.17, 15) is 4.79 Å². The molecule has 1 aliphatic heterocycles. The van der Waals surface area contributed by atoms with Crippen LogP contribution in [-0.4, -0.2) is 23.1 Å². The molecule has 1 aromatic rings. The lowest BCUT2D eigenvalue weighted by atomic mass is 10.1. The summed E-state index contributed by atoms with van der Waals surface area (Å²) >= 11 is 0. The summed E-state index contributed by atoms with van der Waals surface area (Å²) in [5.41, 5.74) is 7.42. The summed E-state index contributed by atoms with van der Waals surface area (Å²) in [5.74, 6) is -0.264. The largest absolute Gasteiger partial charge is 0.401 e. The predicted octanol–water partition coefficient (Wildman–Crippen LogP) is 1.40. The zero-order chi connectivity index (χ0) is 13.7. The van der Waals surface area contributed by atoms with Crippen molar-refractivity contribution in [3.63, 3.8) is 0 Å². The Morgan fingerprint density at radius 1 is 1.53 bits per heavy atom. The Hall–Kier alpha value is -2.43. The second-order valence-corrected chi connectivity index (χ2v) is 4.26. The number of amides is 1. The van der Waals surface area contributed by atoms with Gasteiger partial charge < -0.3 is 11.1 Å². The number of carbonyl (C=O) groups excluding carboxylic acids is 1. The molecular weight excluding hydrogens is 240 g/mol. The molecule has 0 aromatic carbocycles. The number of aliphatic imine (C=N–C) groups is 1. The minimum absolute atomic E-state index is 0.264. The molecule has 1 amide bonds. The number of carbonyl (C=O) groups is 1. The Bertz CT molecular complexity index is 534. The van der Waals surface area contributed by atoms with Gasteiger partial charge in [0.25, 0.3) is 5.91 Å². The summed E-state index contributed by atoms with van der Waals surface area (Å²) in [6.45, 7) is 3.71. The van der Waals surface area contributed by atoms with Crippen LogP contribution >= 0.6 is 0 Å². The zero-order valence-corrected chi connectivity index (χ0v) is 10.5. The minimum Gasteiger partial charge on any atom is -0.401 e. The molecule has 5 heteroatoms. The predicted molar refractivity (Wildman–Crippen MR) is 74.6 cm³/mol. The van der Waals surface area contributed by atoms with Gasteiger partial charge in [-0.2, -0.15) is 0 Å². The lowest BCUT2D eigenvalue weighted by Crippen LogP contribution is -2.38. The highest BCUT2D eigenvalue weighted by atomic mass is 16.1. The van der Waals surface area contributed by atoms with Gasteiger partial charge in [0.1, 0.15) is 5.69 Å². The third kappa shape index (κ3) is 3.51. The fourth-order valence-corrected chi connectivity index (χ4v) is 1.76. The molecule has 0 spiro atoms. The maximum atomic E-state index is 12.0. The molecule has 19 heavy (non-hydrogen) atoms. The zero-order valence-electron chi connectivity index (χ0n) is 10.5. The van der Waals surface area contributed by atoms with E-state index >= 15 is 0 Å². The van der Waals surface area contributed by atoms with Crippen molar-refractivity contribution in [2.75, 3.05) is 0 Å². The van der Waals surface area contributed by atoms with Crippen molar-refractivity contribution in [1.82, 2.24) is 10.3 Å². The van der Waals surface area contributed by atoms with Gasteiger partial charge in [-0.3, -0.25) is 14.8 Å². The first-order valence-electron chi connectivity index (χ1n) is 6.04. The monoisotopic (exact) mass is 256 g/mol. The molecule has 1 aromatic heterocycles. The number of aromatic nitrogens is 1. The van der Waals surface area contributed by atoms with Crippen molar-refractivity contribution in [1.29, 1.82) is 0 Å². The normalized spacial score (nSPS) is 14.8. The van der Waals surface area contributed by atoms with Crippen LogP contribution < -0.4 is 11.1 Å². The summed E-state index contributed by atoms with van der Waals surface area (Å²) in [7, 11) is 0. The molecule has 2 rings (SSSR count). The number of rotatable bonds is 5. The Labute approximate surface area is 111 Å². The van der Waals surface area contributed by atoms with Crippen molar-refractivity contribution < 1.29 is 4.79 Å². The number of nitrogens with zero attached hydrogens (tertiary/aromatic N) is 2. The molecule has 5 nitrogen and oxygen atoms in total. The molecule has 0 bridgehead atoms. The maximum Gasteiger partial charge on any atom is 0.270 e. The molecule has 0 aliphatic carbocycles. The number of nitrogens with one attached hydrogen (secondary N) is 1. The van der Waals surface area contributed by atoms with Crippen LogP contribution in [0.25, 0.3) is 0 Å². The number of hydrogen-bond donors (Lipinski definition) is 2. The highest BCUT2D eigenvalue weighted by molar-refractivity contribution is 5.92. The highest BCUT2D eigenvalue weighted by Gasteiger charge is 2.17. The van der Waals surface area contributed by atoms with Crippen LogP contribution in [0.3, 0.4) is 0 Å². The van der Waals surface area contributed by atoms with E-state index in [-0.39, 0.29) is 11.9 Å². The van der Waals surface area contributed by atoms with E-state index < -0.39 is 0 Å². The van der Waals surface area contributed by atoms with Gasteiger partial charge in [-0.05, 0) is 12.1 Å². The summed E-state index contributed by atoms with van der Waals surface area (Å²) in [6, 6.07) is 4.83. The molecule has 0 radical (unpaired) electrons. The van der Waals surface area contributed by atoms with Gasteiger partial charge in [-0.1, -0.05) is 18.7 Å². The third-order valence-electron chi connectivity index (χ3n) is 2.78. The van der Waals surface area contributed by atoms with Crippen molar-refractivity contribution in [3.8, 4) is 0 Å². The Balaban J connectivity index is 2.02. The quantitative estimate of drug-likeness (QED) is 0.835. The molecule has 0 fully saturated rings. The van der Waals surface area contributed by atoms with Crippen LogP contribution in [0, 0.1) is 0 Å². The van der Waals surface area contributed by atoms with Gasteiger partial charge >= 0.3 is 0 Å². The average Bonchev–Trinajstić information content (AvgIpc) is 2.91. The Morgan fingerprint density at radius 2 is 2.37 bits per heavy atom. The minimum atomic E-state index is -0.337. The van der Waals surface area contributed by atoms with Crippen molar-refractivity contribution >= 4 is 12.1 Å². The standard InChI is InChI=1S/C14H16N4O/c1-10(15)13(9-11-5-4-8-16-11)18-14(19)12-6-2-3-7-17-12/h2-3,5-8,13H,1,4,9,15H2,(H,18,19)/t13-/m0/s1. The van der Waals surface area contributed by atoms with Gasteiger partial charge in [0.05, 0.1) is 6.04 Å². The molecule has 3 N–H and O–H groups in total. The van der Waals surface area contributed by atoms with Crippen molar-refractivity contribution in [2.24, 2.45) is 10.7 Å². The van der Waals surface area contributed by atoms with E-state index in [4.69, 9.17) is 5.73 Å². The van der Waals surface area contributed by atoms with E-state index in [0.717, 1.165) is 12.1 Å². The van der Waals surface area contributed by atoms with Crippen molar-refractivity contribution in [3.05, 3.63) is 54.1 Å². The number of nitrogens with two attached hydrogens (primary N) is 1. The fourth-order valence-electron chi connectivity index (χ4n) is 1.76.